The van der Waals surface area contributed by atoms with E-state index in [1.54, 1.807) is 0 Å². The van der Waals surface area contributed by atoms with Crippen LogP contribution in [-0.4, -0.2) is 31.5 Å². The molecule has 1 aliphatic rings. The van der Waals surface area contributed by atoms with Crippen molar-refractivity contribution in [3.63, 3.8) is 0 Å². The number of hydrogen-bond acceptors (Lipinski definition) is 6. The minimum absolute atomic E-state index is 0.694. The van der Waals surface area contributed by atoms with Crippen LogP contribution in [0.1, 0.15) is 11.4 Å². The number of hydrogen-bond donors (Lipinski definition) is 1. The summed E-state index contributed by atoms with van der Waals surface area (Å²) in [6.07, 6.45) is 7.71. The third-order valence-electron chi connectivity index (χ3n) is 3.28. The number of rotatable bonds is 3. The molecule has 0 saturated heterocycles. The van der Waals surface area contributed by atoms with Gasteiger partial charge < -0.3 is 5.32 Å². The summed E-state index contributed by atoms with van der Waals surface area (Å²) in [5, 5.41) is 4.23. The molecule has 0 aromatic carbocycles. The lowest BCUT2D eigenvalue weighted by molar-refractivity contribution is 1.09. The predicted molar refractivity (Wildman–Crippen MR) is 92.2 cm³/mol. The molecule has 0 atom stereocenters. The Morgan fingerprint density at radius 1 is 1.41 bits per heavy atom. The van der Waals surface area contributed by atoms with Crippen LogP contribution < -0.4 is 5.32 Å². The fourth-order valence-electron chi connectivity index (χ4n) is 2.32. The van der Waals surface area contributed by atoms with E-state index in [0.717, 1.165) is 38.8 Å². The zero-order valence-electron chi connectivity index (χ0n) is 11.6. The molecular formula is C14H11BrN6S. The van der Waals surface area contributed by atoms with E-state index in [0.29, 0.717) is 5.82 Å². The average molecular weight is 375 g/mol. The minimum Gasteiger partial charge on any atom is -0.328 e. The first kappa shape index (κ1) is 13.6. The first-order valence-electron chi connectivity index (χ1n) is 6.65. The van der Waals surface area contributed by atoms with Crippen LogP contribution >= 0.6 is 27.5 Å². The van der Waals surface area contributed by atoms with Crippen LogP contribution in [0.2, 0.25) is 0 Å². The smallest absolute Gasteiger partial charge is 0.181 e. The molecule has 110 valence electrons. The molecule has 0 saturated carbocycles. The van der Waals surface area contributed by atoms with Crippen molar-refractivity contribution in [2.45, 2.75) is 6.92 Å². The van der Waals surface area contributed by atoms with Crippen molar-refractivity contribution in [2.75, 3.05) is 11.9 Å². The molecule has 0 aliphatic carbocycles. The summed E-state index contributed by atoms with van der Waals surface area (Å²) in [6.45, 7) is 2.69. The molecule has 0 unspecified atom stereocenters. The lowest BCUT2D eigenvalue weighted by Crippen LogP contribution is -2.00. The quantitative estimate of drug-likeness (QED) is 0.761. The summed E-state index contributed by atoms with van der Waals surface area (Å²) in [5.41, 5.74) is 3.83. The van der Waals surface area contributed by atoms with Crippen LogP contribution in [0.3, 0.4) is 0 Å². The van der Waals surface area contributed by atoms with Crippen LogP contribution in [0.25, 0.3) is 11.2 Å². The Balaban J connectivity index is 1.83. The number of nitrogens with one attached hydrogen (secondary N) is 1. The molecule has 22 heavy (non-hydrogen) atoms. The summed E-state index contributed by atoms with van der Waals surface area (Å²) in [5.74, 6) is 0.694. The van der Waals surface area contributed by atoms with Crippen molar-refractivity contribution < 1.29 is 0 Å². The third kappa shape index (κ3) is 2.34. The molecule has 3 aromatic rings. The normalized spacial score (nSPS) is 13.8. The van der Waals surface area contributed by atoms with Crippen molar-refractivity contribution >= 4 is 55.7 Å². The number of imidazole rings is 1. The first-order valence-corrected chi connectivity index (χ1v) is 8.21. The second-order valence-electron chi connectivity index (χ2n) is 4.86. The lowest BCUT2D eigenvalue weighted by Gasteiger charge is -2.07. The number of fused-ring (bicyclic) bond motifs is 1. The highest BCUT2D eigenvalue weighted by molar-refractivity contribution is 9.10. The zero-order valence-corrected chi connectivity index (χ0v) is 14.0. The number of aromatic nitrogens is 4. The van der Waals surface area contributed by atoms with E-state index in [1.807, 2.05) is 36.0 Å². The highest BCUT2D eigenvalue weighted by Gasteiger charge is 2.14. The Morgan fingerprint density at radius 2 is 2.32 bits per heavy atom. The molecule has 4 rings (SSSR count). The van der Waals surface area contributed by atoms with Gasteiger partial charge in [0.05, 0.1) is 24.1 Å². The summed E-state index contributed by atoms with van der Waals surface area (Å²) in [7, 11) is 0. The maximum atomic E-state index is 4.51. The number of nitrogens with zero attached hydrogens (tertiary/aromatic N) is 5. The summed E-state index contributed by atoms with van der Waals surface area (Å²) < 4.78 is 7.01. The van der Waals surface area contributed by atoms with Crippen LogP contribution in [0.4, 0.5) is 10.8 Å². The van der Waals surface area contributed by atoms with E-state index in [9.17, 15) is 0 Å². The van der Waals surface area contributed by atoms with Crippen molar-refractivity contribution in [1.29, 1.82) is 0 Å². The van der Waals surface area contributed by atoms with Crippen molar-refractivity contribution in [3.05, 3.63) is 40.5 Å². The monoisotopic (exact) mass is 374 g/mol. The SMILES string of the molecule is Cc1cc(Nc2nc(Br)cn3c(C4=CCN=C4)cnc23)sn1. The highest BCUT2D eigenvalue weighted by Crippen LogP contribution is 2.27. The maximum Gasteiger partial charge on any atom is 0.181 e. The van der Waals surface area contributed by atoms with Gasteiger partial charge in [0, 0.05) is 18.0 Å². The molecule has 0 radical (unpaired) electrons. The van der Waals surface area contributed by atoms with Crippen LogP contribution in [0.15, 0.2) is 34.1 Å². The molecule has 0 fully saturated rings. The summed E-state index contributed by atoms with van der Waals surface area (Å²) >= 11 is 4.87. The van der Waals surface area contributed by atoms with E-state index in [2.05, 4.69) is 46.7 Å². The van der Waals surface area contributed by atoms with Crippen molar-refractivity contribution in [2.24, 2.45) is 4.99 Å². The Labute approximate surface area is 138 Å². The highest BCUT2D eigenvalue weighted by atomic mass is 79.9. The van der Waals surface area contributed by atoms with Gasteiger partial charge in [-0.15, -0.1) is 0 Å². The second kappa shape index (κ2) is 5.29. The standard InChI is InChI=1S/C14H11BrN6S/c1-8-4-12(22-20-8)19-13-14-17-6-10(9-2-3-16-5-9)21(14)7-11(15)18-13/h2,4-7H,3H2,1H3,(H,18,19). The molecule has 4 heterocycles. The number of halogens is 1. The largest absolute Gasteiger partial charge is 0.328 e. The molecule has 3 aromatic heterocycles. The minimum atomic E-state index is 0.694. The molecule has 1 aliphatic heterocycles. The van der Waals surface area contributed by atoms with E-state index < -0.39 is 0 Å². The van der Waals surface area contributed by atoms with Crippen molar-refractivity contribution in [3.8, 4) is 0 Å². The predicted octanol–water partition coefficient (Wildman–Crippen LogP) is 3.47. The number of allylic oxidation sites excluding steroid dienone is 1. The Hall–Kier alpha value is -2.06. The molecular weight excluding hydrogens is 364 g/mol. The Bertz CT molecular complexity index is 923. The summed E-state index contributed by atoms with van der Waals surface area (Å²) in [4.78, 5) is 13.2. The number of aliphatic imine (C=N–C) groups is 1. The Morgan fingerprint density at radius 3 is 3.05 bits per heavy atom. The number of anilines is 2. The van der Waals surface area contributed by atoms with Gasteiger partial charge in [-0.25, -0.2) is 9.97 Å². The first-order chi connectivity index (χ1) is 10.7. The van der Waals surface area contributed by atoms with E-state index in [1.165, 1.54) is 11.5 Å². The summed E-state index contributed by atoms with van der Waals surface area (Å²) in [6, 6.07) is 1.99. The molecule has 0 bridgehead atoms. The van der Waals surface area contributed by atoms with Gasteiger partial charge in [0.1, 0.15) is 9.60 Å². The van der Waals surface area contributed by atoms with Gasteiger partial charge in [-0.2, -0.15) is 4.37 Å². The van der Waals surface area contributed by atoms with Gasteiger partial charge in [-0.05, 0) is 40.5 Å². The molecule has 0 amide bonds. The van der Waals surface area contributed by atoms with Gasteiger partial charge in [-0.1, -0.05) is 6.08 Å². The van der Waals surface area contributed by atoms with Gasteiger partial charge in [0.2, 0.25) is 0 Å². The van der Waals surface area contributed by atoms with E-state index in [4.69, 9.17) is 0 Å². The van der Waals surface area contributed by atoms with Crippen LogP contribution in [0.5, 0.6) is 0 Å². The fraction of sp³-hybridized carbons (Fsp3) is 0.143. The number of aryl methyl sites for hydroxylation is 1. The molecule has 8 heteroatoms. The fourth-order valence-corrected chi connectivity index (χ4v) is 3.36. The third-order valence-corrected chi connectivity index (χ3v) is 4.45. The topological polar surface area (TPSA) is 67.5 Å². The average Bonchev–Trinajstić information content (AvgIpc) is 3.18. The van der Waals surface area contributed by atoms with Gasteiger partial charge >= 0.3 is 0 Å². The van der Waals surface area contributed by atoms with Gasteiger partial charge in [0.15, 0.2) is 11.5 Å². The van der Waals surface area contributed by atoms with Gasteiger partial charge in [-0.3, -0.25) is 9.39 Å². The second-order valence-corrected chi connectivity index (χ2v) is 6.48. The van der Waals surface area contributed by atoms with E-state index in [-0.39, 0.29) is 0 Å². The Kier molecular flexibility index (Phi) is 3.27. The zero-order chi connectivity index (χ0) is 15.1. The maximum absolute atomic E-state index is 4.51. The van der Waals surface area contributed by atoms with Crippen LogP contribution in [0, 0.1) is 6.92 Å². The lowest BCUT2D eigenvalue weighted by atomic mass is 10.2. The molecule has 1 N–H and O–H groups in total. The van der Waals surface area contributed by atoms with Gasteiger partial charge in [0.25, 0.3) is 0 Å². The molecule has 0 spiro atoms. The van der Waals surface area contributed by atoms with Crippen LogP contribution in [-0.2, 0) is 0 Å². The van der Waals surface area contributed by atoms with Crippen molar-refractivity contribution in [1.82, 2.24) is 18.7 Å². The molecule has 6 nitrogen and oxygen atoms in total. The van der Waals surface area contributed by atoms with E-state index >= 15 is 0 Å².